The Hall–Kier alpha value is -2.88. The summed E-state index contributed by atoms with van der Waals surface area (Å²) in [6.45, 7) is 2.12. The minimum atomic E-state index is -0.358. The van der Waals surface area contributed by atoms with Gasteiger partial charge < -0.3 is 4.74 Å². The van der Waals surface area contributed by atoms with Gasteiger partial charge in [-0.15, -0.1) is 0 Å². The molecule has 1 aromatic heterocycles. The Morgan fingerprint density at radius 1 is 1.05 bits per heavy atom. The van der Waals surface area contributed by atoms with Crippen molar-refractivity contribution in [2.75, 3.05) is 0 Å². The maximum absolute atomic E-state index is 12.2. The molecule has 0 atom stereocenters. The highest BCUT2D eigenvalue weighted by Gasteiger charge is 2.16. The molecule has 4 nitrogen and oxygen atoms in total. The summed E-state index contributed by atoms with van der Waals surface area (Å²) in [6.07, 6.45) is 1.55. The van der Waals surface area contributed by atoms with E-state index in [1.54, 1.807) is 10.9 Å². The smallest absolute Gasteiger partial charge is 0.341 e. The number of esters is 1. The molecule has 0 amide bonds. The van der Waals surface area contributed by atoms with E-state index in [0.29, 0.717) is 5.56 Å². The summed E-state index contributed by atoms with van der Waals surface area (Å²) in [5.41, 5.74) is 3.13. The van der Waals surface area contributed by atoms with Gasteiger partial charge in [-0.3, -0.25) is 0 Å². The number of hydrogen-bond acceptors (Lipinski definition) is 3. The number of hydrogen-bond donors (Lipinski definition) is 0. The van der Waals surface area contributed by atoms with Crippen molar-refractivity contribution < 1.29 is 9.53 Å². The van der Waals surface area contributed by atoms with Gasteiger partial charge in [0.15, 0.2) is 0 Å². The molecule has 0 radical (unpaired) electrons. The van der Waals surface area contributed by atoms with Gasteiger partial charge in [-0.2, -0.15) is 5.10 Å². The molecule has 0 saturated carbocycles. The summed E-state index contributed by atoms with van der Waals surface area (Å²) in [7, 11) is 0. The van der Waals surface area contributed by atoms with E-state index in [-0.39, 0.29) is 12.6 Å². The first kappa shape index (κ1) is 14.1. The normalized spacial score (nSPS) is 10.4. The lowest BCUT2D eigenvalue weighted by Crippen LogP contribution is -2.07. The molecule has 0 N–H and O–H groups in total. The molecule has 0 spiro atoms. The van der Waals surface area contributed by atoms with Crippen molar-refractivity contribution in [3.05, 3.63) is 83.7 Å². The average molecular weight is 292 g/mol. The van der Waals surface area contributed by atoms with Crippen LogP contribution in [0.25, 0.3) is 5.69 Å². The molecule has 110 valence electrons. The zero-order chi connectivity index (χ0) is 15.4. The molecule has 0 unspecified atom stereocenters. The third-order valence-electron chi connectivity index (χ3n) is 3.44. The van der Waals surface area contributed by atoms with Crippen molar-refractivity contribution in [1.29, 1.82) is 0 Å². The number of carbonyl (C=O) groups excluding carboxylic acids is 1. The monoisotopic (exact) mass is 292 g/mol. The highest BCUT2D eigenvalue weighted by atomic mass is 16.5. The number of benzene rings is 2. The Labute approximate surface area is 129 Å². The molecule has 0 fully saturated rings. The van der Waals surface area contributed by atoms with Crippen LogP contribution < -0.4 is 0 Å². The number of carbonyl (C=O) groups is 1. The van der Waals surface area contributed by atoms with Crippen LogP contribution in [0.4, 0.5) is 0 Å². The van der Waals surface area contributed by atoms with Crippen LogP contribution in [-0.4, -0.2) is 15.7 Å². The Kier molecular flexibility index (Phi) is 4.01. The first-order valence-electron chi connectivity index (χ1n) is 7.07. The summed E-state index contributed by atoms with van der Waals surface area (Å²) < 4.78 is 7.09. The van der Waals surface area contributed by atoms with Crippen molar-refractivity contribution in [3.8, 4) is 5.69 Å². The second-order valence-corrected chi connectivity index (χ2v) is 4.95. The van der Waals surface area contributed by atoms with E-state index in [4.69, 9.17) is 4.74 Å². The topological polar surface area (TPSA) is 44.1 Å². The summed E-state index contributed by atoms with van der Waals surface area (Å²) in [6, 6.07) is 19.3. The van der Waals surface area contributed by atoms with Crippen LogP contribution in [-0.2, 0) is 11.3 Å². The largest absolute Gasteiger partial charge is 0.457 e. The van der Waals surface area contributed by atoms with Crippen molar-refractivity contribution >= 4 is 5.97 Å². The van der Waals surface area contributed by atoms with E-state index in [1.165, 1.54) is 0 Å². The minimum absolute atomic E-state index is 0.260. The fourth-order valence-electron chi connectivity index (χ4n) is 2.24. The molecule has 3 rings (SSSR count). The van der Waals surface area contributed by atoms with E-state index in [9.17, 15) is 4.79 Å². The Balaban J connectivity index is 1.75. The third-order valence-corrected chi connectivity index (χ3v) is 3.44. The molecule has 0 aliphatic heterocycles. The van der Waals surface area contributed by atoms with Crippen LogP contribution in [0.15, 0.2) is 66.9 Å². The van der Waals surface area contributed by atoms with Gasteiger partial charge in [-0.1, -0.05) is 48.5 Å². The lowest BCUT2D eigenvalue weighted by molar-refractivity contribution is 0.0472. The molecule has 3 aromatic rings. The lowest BCUT2D eigenvalue weighted by Gasteiger charge is -2.06. The molecule has 2 aromatic carbocycles. The van der Waals surface area contributed by atoms with Crippen molar-refractivity contribution in [3.63, 3.8) is 0 Å². The second kappa shape index (κ2) is 6.26. The zero-order valence-corrected chi connectivity index (χ0v) is 12.3. The van der Waals surface area contributed by atoms with Crippen LogP contribution in [0.1, 0.15) is 21.6 Å². The first-order valence-corrected chi connectivity index (χ1v) is 7.07. The number of nitrogens with zero attached hydrogens (tertiary/aromatic N) is 2. The van der Waals surface area contributed by atoms with E-state index in [0.717, 1.165) is 16.9 Å². The van der Waals surface area contributed by atoms with Gasteiger partial charge in [-0.25, -0.2) is 9.48 Å². The quantitative estimate of drug-likeness (QED) is 0.691. The van der Waals surface area contributed by atoms with Gasteiger partial charge >= 0.3 is 5.97 Å². The van der Waals surface area contributed by atoms with Gasteiger partial charge in [0.2, 0.25) is 0 Å². The van der Waals surface area contributed by atoms with Crippen LogP contribution in [0.3, 0.4) is 0 Å². The van der Waals surface area contributed by atoms with Gasteiger partial charge in [-0.05, 0) is 24.6 Å². The Morgan fingerprint density at radius 2 is 1.68 bits per heavy atom. The fraction of sp³-hybridized carbons (Fsp3) is 0.111. The van der Waals surface area contributed by atoms with E-state index >= 15 is 0 Å². The maximum atomic E-state index is 12.2. The lowest BCUT2D eigenvalue weighted by atomic mass is 10.2. The molecule has 0 aliphatic carbocycles. The SMILES string of the molecule is Cc1c(C(=O)OCc2ccccc2)cnn1-c1ccccc1. The zero-order valence-electron chi connectivity index (χ0n) is 12.3. The van der Waals surface area contributed by atoms with E-state index < -0.39 is 0 Å². The number of para-hydroxylation sites is 1. The fourth-order valence-corrected chi connectivity index (χ4v) is 2.24. The van der Waals surface area contributed by atoms with Crippen molar-refractivity contribution in [2.45, 2.75) is 13.5 Å². The summed E-state index contributed by atoms with van der Waals surface area (Å²) in [5.74, 6) is -0.358. The van der Waals surface area contributed by atoms with Gasteiger partial charge in [0.05, 0.1) is 17.6 Å². The van der Waals surface area contributed by atoms with Crippen LogP contribution in [0.2, 0.25) is 0 Å². The van der Waals surface area contributed by atoms with Crippen LogP contribution >= 0.6 is 0 Å². The number of aromatic nitrogens is 2. The summed E-state index contributed by atoms with van der Waals surface area (Å²) in [5, 5.41) is 4.28. The summed E-state index contributed by atoms with van der Waals surface area (Å²) in [4.78, 5) is 12.2. The molecule has 4 heteroatoms. The van der Waals surface area contributed by atoms with Gasteiger partial charge in [0.1, 0.15) is 12.2 Å². The molecule has 0 aliphatic rings. The predicted octanol–water partition coefficient (Wildman–Crippen LogP) is 3.54. The van der Waals surface area contributed by atoms with Crippen molar-refractivity contribution in [1.82, 2.24) is 9.78 Å². The van der Waals surface area contributed by atoms with Gasteiger partial charge in [0.25, 0.3) is 0 Å². The van der Waals surface area contributed by atoms with E-state index in [2.05, 4.69) is 5.10 Å². The third kappa shape index (κ3) is 2.91. The van der Waals surface area contributed by atoms with Crippen LogP contribution in [0, 0.1) is 6.92 Å². The Bertz CT molecular complexity index is 764. The number of rotatable bonds is 4. The molecule has 0 saturated heterocycles. The molecule has 0 bridgehead atoms. The predicted molar refractivity (Wildman–Crippen MR) is 83.9 cm³/mol. The maximum Gasteiger partial charge on any atom is 0.341 e. The van der Waals surface area contributed by atoms with E-state index in [1.807, 2.05) is 67.6 Å². The van der Waals surface area contributed by atoms with Gasteiger partial charge in [0, 0.05) is 0 Å². The standard InChI is InChI=1S/C18H16N2O2/c1-14-17(12-19-20(14)16-10-6-3-7-11-16)18(21)22-13-15-8-4-2-5-9-15/h2-12H,13H2,1H3. The van der Waals surface area contributed by atoms with Crippen LogP contribution in [0.5, 0.6) is 0 Å². The second-order valence-electron chi connectivity index (χ2n) is 4.95. The minimum Gasteiger partial charge on any atom is -0.457 e. The molecular weight excluding hydrogens is 276 g/mol. The molecular formula is C18H16N2O2. The van der Waals surface area contributed by atoms with Crippen molar-refractivity contribution in [2.24, 2.45) is 0 Å². The summed E-state index contributed by atoms with van der Waals surface area (Å²) >= 11 is 0. The average Bonchev–Trinajstić information content (AvgIpc) is 2.96. The Morgan fingerprint density at radius 3 is 2.36 bits per heavy atom. The number of ether oxygens (including phenoxy) is 1. The molecule has 22 heavy (non-hydrogen) atoms. The molecule has 1 heterocycles. The first-order chi connectivity index (χ1) is 10.8. The highest BCUT2D eigenvalue weighted by Crippen LogP contribution is 2.15. The highest BCUT2D eigenvalue weighted by molar-refractivity contribution is 5.90.